The molecule has 0 aliphatic carbocycles. The first-order chi connectivity index (χ1) is 7.36. The predicted octanol–water partition coefficient (Wildman–Crippen LogP) is 2.23. The van der Waals surface area contributed by atoms with Crippen LogP contribution in [0.3, 0.4) is 0 Å². The lowest BCUT2D eigenvalue weighted by Gasteiger charge is -2.00. The molecule has 1 aliphatic heterocycles. The van der Waals surface area contributed by atoms with Crippen LogP contribution in [0, 0.1) is 5.92 Å². The van der Waals surface area contributed by atoms with Crippen LogP contribution in [0.2, 0.25) is 0 Å². The molecule has 0 bridgehead atoms. The van der Waals surface area contributed by atoms with Crippen LogP contribution < -0.4 is 5.32 Å². The topological polar surface area (TPSA) is 29.1 Å². The number of benzene rings is 1. The van der Waals surface area contributed by atoms with Gasteiger partial charge in [-0.15, -0.1) is 0 Å². The average Bonchev–Trinajstić information content (AvgIpc) is 2.66. The summed E-state index contributed by atoms with van der Waals surface area (Å²) < 4.78 is 0. The first kappa shape index (κ1) is 9.97. The van der Waals surface area contributed by atoms with Crippen LogP contribution in [-0.4, -0.2) is 12.5 Å². The Bertz CT molecular complexity index is 356. The number of rotatable bonds is 3. The van der Waals surface area contributed by atoms with Crippen molar-refractivity contribution in [3.8, 4) is 0 Å². The van der Waals surface area contributed by atoms with E-state index < -0.39 is 0 Å². The Morgan fingerprint density at radius 2 is 2.13 bits per heavy atom. The van der Waals surface area contributed by atoms with Crippen molar-refractivity contribution in [2.75, 3.05) is 6.54 Å². The number of allylic oxidation sites excluding steroid dienone is 1. The fourth-order valence-electron chi connectivity index (χ4n) is 1.80. The molecule has 1 fully saturated rings. The molecule has 0 aromatic heterocycles. The Morgan fingerprint density at radius 3 is 2.80 bits per heavy atom. The van der Waals surface area contributed by atoms with Gasteiger partial charge in [-0.25, -0.2) is 0 Å². The van der Waals surface area contributed by atoms with E-state index in [1.807, 2.05) is 18.2 Å². The van der Waals surface area contributed by atoms with Gasteiger partial charge in [0.05, 0.1) is 0 Å². The van der Waals surface area contributed by atoms with Gasteiger partial charge >= 0.3 is 0 Å². The van der Waals surface area contributed by atoms with Crippen LogP contribution in [0.4, 0.5) is 0 Å². The minimum atomic E-state index is 0.185. The maximum Gasteiger partial charge on any atom is 0.223 e. The smallest absolute Gasteiger partial charge is 0.223 e. The van der Waals surface area contributed by atoms with Crippen LogP contribution in [0.15, 0.2) is 36.4 Å². The van der Waals surface area contributed by atoms with E-state index in [4.69, 9.17) is 0 Å². The highest BCUT2D eigenvalue weighted by atomic mass is 16.2. The van der Waals surface area contributed by atoms with Crippen molar-refractivity contribution in [1.82, 2.24) is 5.32 Å². The molecule has 15 heavy (non-hydrogen) atoms. The molecule has 1 aromatic rings. The summed E-state index contributed by atoms with van der Waals surface area (Å²) >= 11 is 0. The first-order valence-electron chi connectivity index (χ1n) is 5.35. The molecule has 1 aromatic carbocycles. The van der Waals surface area contributed by atoms with Crippen molar-refractivity contribution in [2.24, 2.45) is 5.92 Å². The van der Waals surface area contributed by atoms with E-state index in [1.54, 1.807) is 0 Å². The molecule has 1 heterocycles. The Labute approximate surface area is 90.0 Å². The number of nitrogens with one attached hydrogen (secondary N) is 1. The van der Waals surface area contributed by atoms with Crippen molar-refractivity contribution < 1.29 is 4.79 Å². The van der Waals surface area contributed by atoms with Crippen molar-refractivity contribution in [2.45, 2.75) is 12.8 Å². The van der Waals surface area contributed by atoms with E-state index in [1.165, 1.54) is 5.56 Å². The number of carbonyl (C=O) groups excluding carboxylic acids is 1. The highest BCUT2D eigenvalue weighted by Crippen LogP contribution is 2.15. The van der Waals surface area contributed by atoms with Crippen LogP contribution in [0.5, 0.6) is 0 Å². The van der Waals surface area contributed by atoms with Crippen LogP contribution >= 0.6 is 0 Å². The number of amides is 1. The van der Waals surface area contributed by atoms with Gasteiger partial charge in [0.15, 0.2) is 0 Å². The summed E-state index contributed by atoms with van der Waals surface area (Å²) in [5.74, 6) is 0.387. The van der Waals surface area contributed by atoms with E-state index in [9.17, 15) is 4.79 Å². The van der Waals surface area contributed by atoms with E-state index in [0.29, 0.717) is 0 Å². The summed E-state index contributed by atoms with van der Waals surface area (Å²) in [5.41, 5.74) is 1.19. The molecule has 1 aliphatic rings. The Hall–Kier alpha value is -1.57. The molecule has 0 spiro atoms. The second kappa shape index (κ2) is 4.78. The van der Waals surface area contributed by atoms with Crippen molar-refractivity contribution >= 4 is 12.0 Å². The zero-order valence-corrected chi connectivity index (χ0v) is 8.65. The molecule has 2 heteroatoms. The quantitative estimate of drug-likeness (QED) is 0.798. The highest BCUT2D eigenvalue weighted by molar-refractivity contribution is 5.80. The van der Waals surface area contributed by atoms with Crippen LogP contribution in [-0.2, 0) is 4.79 Å². The van der Waals surface area contributed by atoms with Gasteiger partial charge in [-0.2, -0.15) is 0 Å². The van der Waals surface area contributed by atoms with Gasteiger partial charge in [-0.1, -0.05) is 42.5 Å². The highest BCUT2D eigenvalue weighted by Gasteiger charge is 2.21. The lowest BCUT2D eigenvalue weighted by atomic mass is 10.0. The Balaban J connectivity index is 1.88. The second-order valence-electron chi connectivity index (χ2n) is 3.83. The largest absolute Gasteiger partial charge is 0.356 e. The van der Waals surface area contributed by atoms with Gasteiger partial charge < -0.3 is 5.32 Å². The van der Waals surface area contributed by atoms with Gasteiger partial charge in [0.2, 0.25) is 5.91 Å². The summed E-state index contributed by atoms with van der Waals surface area (Å²) in [6, 6.07) is 10.2. The van der Waals surface area contributed by atoms with Gasteiger partial charge in [0.1, 0.15) is 0 Å². The fourth-order valence-corrected chi connectivity index (χ4v) is 1.80. The maximum absolute atomic E-state index is 11.3. The van der Waals surface area contributed by atoms with Gasteiger partial charge in [-0.3, -0.25) is 4.79 Å². The monoisotopic (exact) mass is 201 g/mol. The maximum atomic E-state index is 11.3. The molecule has 2 rings (SSSR count). The molecule has 1 saturated heterocycles. The molecule has 1 atom stereocenters. The molecule has 1 unspecified atom stereocenters. The summed E-state index contributed by atoms with van der Waals surface area (Å²) in [4.78, 5) is 11.3. The van der Waals surface area contributed by atoms with E-state index in [2.05, 4.69) is 29.6 Å². The lowest BCUT2D eigenvalue weighted by Crippen LogP contribution is -2.18. The molecule has 1 amide bonds. The summed E-state index contributed by atoms with van der Waals surface area (Å²) in [6.07, 6.45) is 5.98. The third-order valence-electron chi connectivity index (χ3n) is 2.69. The van der Waals surface area contributed by atoms with Crippen LogP contribution in [0.1, 0.15) is 18.4 Å². The normalized spacial score (nSPS) is 20.8. The van der Waals surface area contributed by atoms with Gasteiger partial charge in [0, 0.05) is 12.5 Å². The van der Waals surface area contributed by atoms with Crippen LogP contribution in [0.25, 0.3) is 6.08 Å². The van der Waals surface area contributed by atoms with Gasteiger partial charge in [-0.05, 0) is 18.4 Å². The molecular weight excluding hydrogens is 186 g/mol. The summed E-state index contributed by atoms with van der Waals surface area (Å²) in [5, 5.41) is 2.85. The van der Waals surface area contributed by atoms with Crippen molar-refractivity contribution in [3.05, 3.63) is 42.0 Å². The number of hydrogen-bond acceptors (Lipinski definition) is 1. The van der Waals surface area contributed by atoms with Crippen molar-refractivity contribution in [3.63, 3.8) is 0 Å². The molecule has 1 N–H and O–H groups in total. The zero-order chi connectivity index (χ0) is 10.5. The van der Waals surface area contributed by atoms with Crippen molar-refractivity contribution in [1.29, 1.82) is 0 Å². The average molecular weight is 201 g/mol. The third kappa shape index (κ3) is 2.69. The second-order valence-corrected chi connectivity index (χ2v) is 3.83. The summed E-state index contributed by atoms with van der Waals surface area (Å²) in [6.45, 7) is 0.836. The fraction of sp³-hybridized carbons (Fsp3) is 0.308. The predicted molar refractivity (Wildman–Crippen MR) is 61.2 cm³/mol. The zero-order valence-electron chi connectivity index (χ0n) is 8.65. The van der Waals surface area contributed by atoms with E-state index >= 15 is 0 Å². The molecular formula is C13H15NO. The summed E-state index contributed by atoms with van der Waals surface area (Å²) in [7, 11) is 0. The SMILES string of the molecule is O=C1NCCC1C/C=C/c1ccccc1. The minimum absolute atomic E-state index is 0.185. The Morgan fingerprint density at radius 1 is 1.33 bits per heavy atom. The molecule has 0 saturated carbocycles. The third-order valence-corrected chi connectivity index (χ3v) is 2.69. The van der Waals surface area contributed by atoms with E-state index in [-0.39, 0.29) is 11.8 Å². The number of carbonyl (C=O) groups is 1. The minimum Gasteiger partial charge on any atom is -0.356 e. The first-order valence-corrected chi connectivity index (χ1v) is 5.35. The lowest BCUT2D eigenvalue weighted by molar-refractivity contribution is -0.122. The standard InChI is InChI=1S/C13H15NO/c15-13-12(9-10-14-13)8-4-7-11-5-2-1-3-6-11/h1-7,12H,8-10H2,(H,14,15)/b7-4+. The molecule has 2 nitrogen and oxygen atoms in total. The molecule has 78 valence electrons. The molecule has 0 radical (unpaired) electrons. The number of hydrogen-bond donors (Lipinski definition) is 1. The van der Waals surface area contributed by atoms with Gasteiger partial charge in [0.25, 0.3) is 0 Å². The Kier molecular flexibility index (Phi) is 3.18. The van der Waals surface area contributed by atoms with E-state index in [0.717, 1.165) is 19.4 Å².